The molecule has 1 heterocycles. The Kier molecular flexibility index (Phi) is 6.88. The second kappa shape index (κ2) is 9.78. The Bertz CT molecular complexity index is 773. The molecule has 0 aliphatic carbocycles. The van der Waals surface area contributed by atoms with Gasteiger partial charge in [0.25, 0.3) is 0 Å². The first-order valence-corrected chi connectivity index (χ1v) is 9.16. The van der Waals surface area contributed by atoms with E-state index in [1.54, 1.807) is 19.3 Å². The monoisotopic (exact) mass is 367 g/mol. The van der Waals surface area contributed by atoms with Gasteiger partial charge in [-0.2, -0.15) is 0 Å². The van der Waals surface area contributed by atoms with E-state index in [2.05, 4.69) is 12.1 Å². The van der Waals surface area contributed by atoms with Crippen molar-refractivity contribution in [2.75, 3.05) is 33.6 Å². The minimum absolute atomic E-state index is 0.0159. The first-order valence-electron chi connectivity index (χ1n) is 9.16. The molecule has 0 N–H and O–H groups in total. The molecule has 0 radical (unpaired) electrons. The molecule has 0 saturated carbocycles. The van der Waals surface area contributed by atoms with Crippen LogP contribution in [0.5, 0.6) is 11.5 Å². The fourth-order valence-electron chi connectivity index (χ4n) is 2.94. The number of fused-ring (bicyclic) bond motifs is 1. The van der Waals surface area contributed by atoms with Gasteiger partial charge in [-0.1, -0.05) is 36.4 Å². The van der Waals surface area contributed by atoms with Gasteiger partial charge in [0.05, 0.1) is 6.61 Å². The standard InChI is InChI=1S/C22H25NO4/c1-25-15-14-23(13-5-8-18-6-3-2-4-7-18)22(24)12-10-19-9-11-20-21(16-19)27-17-26-20/h2-4,6-7,9-12,16H,5,8,13-15,17H2,1H3. The van der Waals surface area contributed by atoms with Gasteiger partial charge in [0.2, 0.25) is 12.7 Å². The van der Waals surface area contributed by atoms with Crippen molar-refractivity contribution < 1.29 is 19.0 Å². The van der Waals surface area contributed by atoms with E-state index < -0.39 is 0 Å². The summed E-state index contributed by atoms with van der Waals surface area (Å²) in [6.07, 6.45) is 5.28. The molecule has 5 heteroatoms. The van der Waals surface area contributed by atoms with E-state index >= 15 is 0 Å². The number of hydrogen-bond acceptors (Lipinski definition) is 4. The van der Waals surface area contributed by atoms with Crippen LogP contribution >= 0.6 is 0 Å². The van der Waals surface area contributed by atoms with Crippen molar-refractivity contribution in [1.29, 1.82) is 0 Å². The van der Waals surface area contributed by atoms with Gasteiger partial charge in [0, 0.05) is 26.3 Å². The SMILES string of the molecule is COCCN(CCCc1ccccc1)C(=O)C=Cc1ccc2c(c1)OCO2. The molecule has 5 nitrogen and oxygen atoms in total. The number of carbonyl (C=O) groups excluding carboxylic acids is 1. The molecule has 0 bridgehead atoms. The molecule has 0 aromatic heterocycles. The summed E-state index contributed by atoms with van der Waals surface area (Å²) in [4.78, 5) is 14.5. The summed E-state index contributed by atoms with van der Waals surface area (Å²) in [6, 6.07) is 16.0. The summed E-state index contributed by atoms with van der Waals surface area (Å²) >= 11 is 0. The van der Waals surface area contributed by atoms with Crippen LogP contribution in [0.1, 0.15) is 17.5 Å². The highest BCUT2D eigenvalue weighted by molar-refractivity contribution is 5.91. The predicted molar refractivity (Wildman–Crippen MR) is 105 cm³/mol. The van der Waals surface area contributed by atoms with Crippen LogP contribution in [-0.4, -0.2) is 44.4 Å². The number of ether oxygens (including phenoxy) is 3. The summed E-state index contributed by atoms with van der Waals surface area (Å²) in [5.41, 5.74) is 2.19. The number of methoxy groups -OCH3 is 1. The molecule has 142 valence electrons. The number of aryl methyl sites for hydroxylation is 1. The zero-order valence-electron chi connectivity index (χ0n) is 15.6. The Morgan fingerprint density at radius 1 is 1.11 bits per heavy atom. The lowest BCUT2D eigenvalue weighted by molar-refractivity contribution is -0.126. The van der Waals surface area contributed by atoms with E-state index in [1.807, 2.05) is 41.3 Å². The number of amides is 1. The van der Waals surface area contributed by atoms with E-state index in [9.17, 15) is 4.79 Å². The highest BCUT2D eigenvalue weighted by Gasteiger charge is 2.13. The fraction of sp³-hybridized carbons (Fsp3) is 0.318. The van der Waals surface area contributed by atoms with Crippen molar-refractivity contribution in [1.82, 2.24) is 4.90 Å². The molecular formula is C22H25NO4. The Balaban J connectivity index is 1.57. The van der Waals surface area contributed by atoms with Crippen molar-refractivity contribution in [3.63, 3.8) is 0 Å². The number of rotatable bonds is 9. The molecule has 3 rings (SSSR count). The van der Waals surface area contributed by atoms with Crippen LogP contribution in [0.2, 0.25) is 0 Å². The summed E-state index contributed by atoms with van der Waals surface area (Å²) in [7, 11) is 1.65. The number of benzene rings is 2. The molecule has 1 aliphatic rings. The quantitative estimate of drug-likeness (QED) is 0.636. The average Bonchev–Trinajstić information content (AvgIpc) is 3.17. The summed E-state index contributed by atoms with van der Waals surface area (Å²) in [5.74, 6) is 1.43. The average molecular weight is 367 g/mol. The van der Waals surface area contributed by atoms with E-state index in [-0.39, 0.29) is 12.7 Å². The summed E-state index contributed by atoms with van der Waals surface area (Å²) in [6.45, 7) is 2.04. The van der Waals surface area contributed by atoms with Crippen LogP contribution in [0.25, 0.3) is 6.08 Å². The van der Waals surface area contributed by atoms with Crippen molar-refractivity contribution in [3.8, 4) is 11.5 Å². The van der Waals surface area contributed by atoms with Gasteiger partial charge in [-0.05, 0) is 42.2 Å². The zero-order chi connectivity index (χ0) is 18.9. The van der Waals surface area contributed by atoms with Gasteiger partial charge in [0.15, 0.2) is 11.5 Å². The van der Waals surface area contributed by atoms with Crippen molar-refractivity contribution in [2.24, 2.45) is 0 Å². The topological polar surface area (TPSA) is 48.0 Å². The van der Waals surface area contributed by atoms with Gasteiger partial charge < -0.3 is 19.1 Å². The molecule has 2 aromatic rings. The normalized spacial score (nSPS) is 12.5. The molecule has 0 atom stereocenters. The third-order valence-electron chi connectivity index (χ3n) is 4.43. The Labute approximate surface area is 160 Å². The van der Waals surface area contributed by atoms with Crippen molar-refractivity contribution in [2.45, 2.75) is 12.8 Å². The lowest BCUT2D eigenvalue weighted by Gasteiger charge is -2.21. The molecule has 2 aromatic carbocycles. The minimum Gasteiger partial charge on any atom is -0.454 e. The van der Waals surface area contributed by atoms with Gasteiger partial charge in [-0.25, -0.2) is 0 Å². The number of nitrogens with zero attached hydrogens (tertiary/aromatic N) is 1. The maximum absolute atomic E-state index is 12.6. The van der Waals surface area contributed by atoms with Crippen molar-refractivity contribution in [3.05, 3.63) is 65.7 Å². The van der Waals surface area contributed by atoms with Gasteiger partial charge in [-0.15, -0.1) is 0 Å². The molecule has 27 heavy (non-hydrogen) atoms. The van der Waals surface area contributed by atoms with Crippen LogP contribution in [0, 0.1) is 0 Å². The molecule has 0 fully saturated rings. The van der Waals surface area contributed by atoms with E-state index in [1.165, 1.54) is 5.56 Å². The first kappa shape index (κ1) is 19.0. The fourth-order valence-corrected chi connectivity index (χ4v) is 2.94. The largest absolute Gasteiger partial charge is 0.454 e. The van der Waals surface area contributed by atoms with E-state index in [0.29, 0.717) is 25.4 Å². The smallest absolute Gasteiger partial charge is 0.246 e. The van der Waals surface area contributed by atoms with E-state index in [4.69, 9.17) is 14.2 Å². The highest BCUT2D eigenvalue weighted by Crippen LogP contribution is 2.32. The summed E-state index contributed by atoms with van der Waals surface area (Å²) in [5, 5.41) is 0. The first-order chi connectivity index (χ1) is 13.3. The summed E-state index contributed by atoms with van der Waals surface area (Å²) < 4.78 is 15.8. The number of hydrogen-bond donors (Lipinski definition) is 0. The molecule has 0 saturated heterocycles. The highest BCUT2D eigenvalue weighted by atomic mass is 16.7. The van der Waals surface area contributed by atoms with Crippen LogP contribution in [-0.2, 0) is 16.0 Å². The van der Waals surface area contributed by atoms with Gasteiger partial charge in [0.1, 0.15) is 0 Å². The lowest BCUT2D eigenvalue weighted by Crippen LogP contribution is -2.33. The lowest BCUT2D eigenvalue weighted by atomic mass is 10.1. The molecular weight excluding hydrogens is 342 g/mol. The Morgan fingerprint density at radius 3 is 2.74 bits per heavy atom. The zero-order valence-corrected chi connectivity index (χ0v) is 15.6. The van der Waals surface area contributed by atoms with Crippen LogP contribution in [0.4, 0.5) is 0 Å². The van der Waals surface area contributed by atoms with Gasteiger partial charge >= 0.3 is 0 Å². The van der Waals surface area contributed by atoms with E-state index in [0.717, 1.165) is 24.2 Å². The Hall–Kier alpha value is -2.79. The third-order valence-corrected chi connectivity index (χ3v) is 4.43. The molecule has 1 amide bonds. The van der Waals surface area contributed by atoms with Crippen LogP contribution < -0.4 is 9.47 Å². The Morgan fingerprint density at radius 2 is 1.93 bits per heavy atom. The predicted octanol–water partition coefficient (Wildman–Crippen LogP) is 3.54. The minimum atomic E-state index is -0.0159. The van der Waals surface area contributed by atoms with Crippen LogP contribution in [0.15, 0.2) is 54.6 Å². The maximum atomic E-state index is 12.6. The molecule has 0 spiro atoms. The van der Waals surface area contributed by atoms with Crippen LogP contribution in [0.3, 0.4) is 0 Å². The van der Waals surface area contributed by atoms with Crippen molar-refractivity contribution >= 4 is 12.0 Å². The second-order valence-electron chi connectivity index (χ2n) is 6.35. The van der Waals surface area contributed by atoms with Gasteiger partial charge in [-0.3, -0.25) is 4.79 Å². The maximum Gasteiger partial charge on any atom is 0.246 e. The second-order valence-corrected chi connectivity index (χ2v) is 6.35. The molecule has 0 unspecified atom stereocenters. The molecule has 1 aliphatic heterocycles. The third kappa shape index (κ3) is 5.59. The number of carbonyl (C=O) groups is 1.